The molecule has 10 heteroatoms. The minimum Gasteiger partial charge on any atom is -0.455 e. The lowest BCUT2D eigenvalue weighted by Gasteiger charge is -2.18. The van der Waals surface area contributed by atoms with E-state index >= 15 is 0 Å². The molecule has 0 aliphatic rings. The molecule has 5 rings (SSSR count). The van der Waals surface area contributed by atoms with Crippen molar-refractivity contribution in [2.24, 2.45) is 0 Å². The van der Waals surface area contributed by atoms with Crippen LogP contribution in [-0.2, 0) is 9.59 Å². The number of halogens is 1. The summed E-state index contributed by atoms with van der Waals surface area (Å²) in [7, 11) is 5.48. The van der Waals surface area contributed by atoms with Gasteiger partial charge >= 0.3 is 0 Å². The van der Waals surface area contributed by atoms with Crippen LogP contribution in [-0.4, -0.2) is 55.4 Å². The van der Waals surface area contributed by atoms with Crippen LogP contribution in [0.2, 0.25) is 0 Å². The zero-order chi connectivity index (χ0) is 33.7. The summed E-state index contributed by atoms with van der Waals surface area (Å²) >= 11 is 0. The number of anilines is 1. The topological polar surface area (TPSA) is 110 Å². The van der Waals surface area contributed by atoms with Gasteiger partial charge in [0.1, 0.15) is 30.7 Å². The number of hydrogen-bond acceptors (Lipinski definition) is 7. The van der Waals surface area contributed by atoms with Crippen LogP contribution in [0.4, 0.5) is 10.1 Å². The number of benzene rings is 3. The van der Waals surface area contributed by atoms with E-state index < -0.39 is 0 Å². The molecule has 0 atom stereocenters. The number of carbonyl (C=O) groups excluding carboxylic acids is 3. The van der Waals surface area contributed by atoms with Crippen LogP contribution >= 0.6 is 0 Å². The quantitative estimate of drug-likeness (QED) is 0.204. The van der Waals surface area contributed by atoms with Crippen molar-refractivity contribution in [3.63, 3.8) is 0 Å². The molecule has 1 amide bonds. The lowest BCUT2D eigenvalue weighted by Crippen LogP contribution is -2.18. The minimum atomic E-state index is -0.362. The van der Waals surface area contributed by atoms with E-state index in [-0.39, 0.29) is 11.7 Å². The summed E-state index contributed by atoms with van der Waals surface area (Å²) in [5.74, 6) is 0.950. The third kappa shape index (κ3) is 7.66. The zero-order valence-electron chi connectivity index (χ0n) is 26.4. The van der Waals surface area contributed by atoms with Gasteiger partial charge in [-0.05, 0) is 55.0 Å². The van der Waals surface area contributed by atoms with E-state index in [4.69, 9.17) is 14.0 Å². The van der Waals surface area contributed by atoms with E-state index in [0.29, 0.717) is 39.5 Å². The predicted octanol–water partition coefficient (Wildman–Crippen LogP) is 7.38. The molecule has 1 N–H and O–H groups in total. The van der Waals surface area contributed by atoms with Crippen LogP contribution in [0, 0.1) is 5.82 Å². The average molecular weight is 612 g/mol. The summed E-state index contributed by atoms with van der Waals surface area (Å²) in [5, 5.41) is 7.99. The second-order valence-electron chi connectivity index (χ2n) is 9.16. The standard InChI is InChI=1S/C31H28FN5O2.C2H6.2CH2O/c1-6-15-37-27(7-2)34-30(35-37)21-10-8-9-20(16-21)23-17-24-26(18-25(23)36(4)5)39-29(28(24)31(38)33-3)19-11-13-22(32)14-12-19;3*1-2/h6-18H,2H2,1,3-5H3,(H,33,38);1-2H3;2*1H2/b15-6-;;;. The first-order valence-electron chi connectivity index (χ1n) is 14.0. The number of hydrogen-bond donors (Lipinski definition) is 1. The average Bonchev–Trinajstić information content (AvgIpc) is 3.68. The highest BCUT2D eigenvalue weighted by Crippen LogP contribution is 2.41. The summed E-state index contributed by atoms with van der Waals surface area (Å²) < 4.78 is 21.5. The molecule has 0 spiro atoms. The molecular weight excluding hydrogens is 573 g/mol. The van der Waals surface area contributed by atoms with E-state index in [1.165, 1.54) is 12.1 Å². The Bertz CT molecular complexity index is 1770. The molecule has 0 aliphatic heterocycles. The van der Waals surface area contributed by atoms with Crippen molar-refractivity contribution in [2.75, 3.05) is 26.0 Å². The third-order valence-electron chi connectivity index (χ3n) is 6.41. The van der Waals surface area contributed by atoms with E-state index in [0.717, 1.165) is 22.4 Å². The molecule has 3 aromatic carbocycles. The molecule has 45 heavy (non-hydrogen) atoms. The fourth-order valence-corrected chi connectivity index (χ4v) is 4.56. The van der Waals surface area contributed by atoms with Gasteiger partial charge in [0.25, 0.3) is 5.91 Å². The van der Waals surface area contributed by atoms with E-state index in [2.05, 4.69) is 22.0 Å². The highest BCUT2D eigenvalue weighted by molar-refractivity contribution is 6.12. The Balaban J connectivity index is 0.00000111. The Morgan fingerprint density at radius 1 is 0.978 bits per heavy atom. The van der Waals surface area contributed by atoms with E-state index in [9.17, 15) is 9.18 Å². The Morgan fingerprint density at radius 2 is 1.62 bits per heavy atom. The number of amides is 1. The molecule has 5 aromatic rings. The van der Waals surface area contributed by atoms with Crippen LogP contribution in [0.5, 0.6) is 0 Å². The van der Waals surface area contributed by atoms with Crippen molar-refractivity contribution in [2.45, 2.75) is 20.8 Å². The highest BCUT2D eigenvalue weighted by Gasteiger charge is 2.24. The van der Waals surface area contributed by atoms with Crippen LogP contribution in [0.25, 0.3) is 57.1 Å². The molecular formula is C35H38FN5O4. The second-order valence-corrected chi connectivity index (χ2v) is 9.16. The minimum absolute atomic E-state index is 0.291. The van der Waals surface area contributed by atoms with Crippen molar-refractivity contribution in [1.29, 1.82) is 0 Å². The second kappa shape index (κ2) is 16.9. The van der Waals surface area contributed by atoms with E-state index in [1.807, 2.05) is 102 Å². The number of carbonyl (C=O) groups is 3. The Kier molecular flexibility index (Phi) is 13.3. The third-order valence-corrected chi connectivity index (χ3v) is 6.41. The van der Waals surface area contributed by atoms with Crippen LogP contribution in [0.15, 0.2) is 77.7 Å². The van der Waals surface area contributed by atoms with Crippen molar-refractivity contribution >= 4 is 48.4 Å². The van der Waals surface area contributed by atoms with Gasteiger partial charge in [0.2, 0.25) is 0 Å². The number of rotatable bonds is 7. The Morgan fingerprint density at radius 3 is 2.20 bits per heavy atom. The van der Waals surface area contributed by atoms with Gasteiger partial charge in [0.15, 0.2) is 11.6 Å². The molecule has 0 unspecified atom stereocenters. The molecule has 0 saturated heterocycles. The Hall–Kier alpha value is -5.64. The lowest BCUT2D eigenvalue weighted by molar-refractivity contribution is -0.0987. The number of furan rings is 1. The van der Waals surface area contributed by atoms with Gasteiger partial charge in [-0.3, -0.25) is 4.79 Å². The first-order chi connectivity index (χ1) is 21.8. The smallest absolute Gasteiger partial charge is 0.255 e. The summed E-state index contributed by atoms with van der Waals surface area (Å²) in [4.78, 5) is 35.7. The molecule has 0 aliphatic carbocycles. The van der Waals surface area contributed by atoms with Crippen molar-refractivity contribution in [3.8, 4) is 33.8 Å². The van der Waals surface area contributed by atoms with Gasteiger partial charge < -0.3 is 24.2 Å². The maximum absolute atomic E-state index is 13.6. The first kappa shape index (κ1) is 35.6. The SMILES string of the molecule is C=Cc1nc(-c2cccc(-c3cc4c(C(=O)NC)c(-c5ccc(F)cc5)oc4cc3N(C)C)c2)nn1/C=C\C.C=O.C=O.CC. The summed E-state index contributed by atoms with van der Waals surface area (Å²) in [5.41, 5.74) is 5.14. The summed E-state index contributed by atoms with van der Waals surface area (Å²) in [6.45, 7) is 13.8. The number of aromatic nitrogens is 3. The molecule has 0 fully saturated rings. The van der Waals surface area contributed by atoms with Gasteiger partial charge in [-0.25, -0.2) is 14.1 Å². The molecule has 0 bridgehead atoms. The van der Waals surface area contributed by atoms with Crippen LogP contribution in [0.1, 0.15) is 37.0 Å². The molecule has 2 aromatic heterocycles. The molecule has 9 nitrogen and oxygen atoms in total. The molecule has 2 heterocycles. The normalized spacial score (nSPS) is 10.1. The van der Waals surface area contributed by atoms with Crippen molar-refractivity contribution in [3.05, 3.63) is 90.5 Å². The van der Waals surface area contributed by atoms with Gasteiger partial charge in [-0.15, -0.1) is 5.10 Å². The fraction of sp³-hybridized carbons (Fsp3) is 0.171. The number of nitrogens with zero attached hydrogens (tertiary/aromatic N) is 4. The number of allylic oxidation sites excluding steroid dienone is 1. The lowest BCUT2D eigenvalue weighted by atomic mass is 9.97. The first-order valence-corrected chi connectivity index (χ1v) is 14.0. The maximum atomic E-state index is 13.6. The predicted molar refractivity (Wildman–Crippen MR) is 180 cm³/mol. The molecule has 0 saturated carbocycles. The van der Waals surface area contributed by atoms with Crippen molar-refractivity contribution < 1.29 is 23.2 Å². The Labute approximate surface area is 262 Å². The maximum Gasteiger partial charge on any atom is 0.255 e. The summed E-state index contributed by atoms with van der Waals surface area (Å²) in [6.07, 6.45) is 5.37. The number of nitrogens with one attached hydrogen (secondary N) is 1. The van der Waals surface area contributed by atoms with Gasteiger partial charge in [0, 0.05) is 61.2 Å². The van der Waals surface area contributed by atoms with E-state index in [1.54, 1.807) is 29.9 Å². The summed E-state index contributed by atoms with van der Waals surface area (Å²) in [6, 6.07) is 17.7. The monoisotopic (exact) mass is 611 g/mol. The van der Waals surface area contributed by atoms with Gasteiger partial charge in [-0.1, -0.05) is 44.7 Å². The number of fused-ring (bicyclic) bond motifs is 1. The van der Waals surface area contributed by atoms with Crippen LogP contribution in [0.3, 0.4) is 0 Å². The molecule has 234 valence electrons. The largest absolute Gasteiger partial charge is 0.455 e. The molecule has 0 radical (unpaired) electrons. The van der Waals surface area contributed by atoms with Crippen molar-refractivity contribution in [1.82, 2.24) is 20.1 Å². The zero-order valence-corrected chi connectivity index (χ0v) is 26.4. The van der Waals surface area contributed by atoms with Gasteiger partial charge in [0.05, 0.1) is 5.56 Å². The fourth-order valence-electron chi connectivity index (χ4n) is 4.56. The van der Waals surface area contributed by atoms with Crippen LogP contribution < -0.4 is 10.2 Å². The van der Waals surface area contributed by atoms with Gasteiger partial charge in [-0.2, -0.15) is 0 Å². The highest BCUT2D eigenvalue weighted by atomic mass is 19.1.